The van der Waals surface area contributed by atoms with E-state index in [0.717, 1.165) is 4.88 Å². The van der Waals surface area contributed by atoms with Crippen LogP contribution in [0.15, 0.2) is 24.3 Å². The maximum Gasteiger partial charge on any atom is 0.261 e. The van der Waals surface area contributed by atoms with Gasteiger partial charge in [-0.3, -0.25) is 9.69 Å². The predicted molar refractivity (Wildman–Crippen MR) is 103 cm³/mol. The van der Waals surface area contributed by atoms with Gasteiger partial charge in [-0.2, -0.15) is 0 Å². The molecule has 5 heteroatoms. The number of nitrogens with one attached hydrogen (secondary N) is 1. The van der Waals surface area contributed by atoms with Gasteiger partial charge in [0.1, 0.15) is 0 Å². The fraction of sp³-hybridized carbons (Fsp3) is 0.526. The van der Waals surface area contributed by atoms with Crippen LogP contribution >= 0.6 is 23.7 Å². The average molecular weight is 365 g/mol. The summed E-state index contributed by atoms with van der Waals surface area (Å²) in [4.78, 5) is 16.2. The Morgan fingerprint density at radius 3 is 2.62 bits per heavy atom. The minimum absolute atomic E-state index is 0. The molecule has 1 atom stereocenters. The first-order valence-corrected chi connectivity index (χ1v) is 9.33. The van der Waals surface area contributed by atoms with Gasteiger partial charge in [-0.1, -0.05) is 17.7 Å². The van der Waals surface area contributed by atoms with Crippen LogP contribution in [0.2, 0.25) is 0 Å². The number of fused-ring (bicyclic) bond motifs is 4. The Bertz CT molecular complexity index is 762. The van der Waals surface area contributed by atoms with E-state index >= 15 is 0 Å². The van der Waals surface area contributed by atoms with Gasteiger partial charge in [0.25, 0.3) is 5.91 Å². The van der Waals surface area contributed by atoms with Crippen molar-refractivity contribution in [1.82, 2.24) is 10.2 Å². The van der Waals surface area contributed by atoms with E-state index in [0.29, 0.717) is 5.92 Å². The van der Waals surface area contributed by atoms with Crippen molar-refractivity contribution in [3.63, 3.8) is 0 Å². The van der Waals surface area contributed by atoms with Gasteiger partial charge in [-0.15, -0.1) is 23.7 Å². The molecule has 3 saturated heterocycles. The Morgan fingerprint density at radius 2 is 1.96 bits per heavy atom. The van der Waals surface area contributed by atoms with Gasteiger partial charge >= 0.3 is 0 Å². The predicted octanol–water partition coefficient (Wildman–Crippen LogP) is 4.23. The van der Waals surface area contributed by atoms with Gasteiger partial charge in [0, 0.05) is 16.3 Å². The molecule has 2 bridgehead atoms. The Labute approximate surface area is 153 Å². The number of benzene rings is 1. The molecule has 3 aliphatic rings. The van der Waals surface area contributed by atoms with Crippen molar-refractivity contribution >= 4 is 39.7 Å². The molecule has 3 aliphatic heterocycles. The lowest BCUT2D eigenvalue weighted by Crippen LogP contribution is -2.69. The summed E-state index contributed by atoms with van der Waals surface area (Å²) in [6, 6.07) is 8.67. The zero-order valence-corrected chi connectivity index (χ0v) is 16.1. The number of thiophene rings is 1. The Morgan fingerprint density at radius 1 is 1.25 bits per heavy atom. The monoisotopic (exact) mass is 364 g/mol. The summed E-state index contributed by atoms with van der Waals surface area (Å²) in [5.41, 5.74) is 1.30. The molecule has 1 aromatic carbocycles. The molecule has 0 spiro atoms. The highest BCUT2D eigenvalue weighted by molar-refractivity contribution is 7.20. The van der Waals surface area contributed by atoms with E-state index in [1.165, 1.54) is 41.6 Å². The molecule has 0 radical (unpaired) electrons. The molecule has 0 unspecified atom stereocenters. The highest BCUT2D eigenvalue weighted by Gasteiger charge is 2.48. The van der Waals surface area contributed by atoms with Crippen molar-refractivity contribution in [2.24, 2.45) is 5.92 Å². The summed E-state index contributed by atoms with van der Waals surface area (Å²) >= 11 is 1.60. The number of halogens is 1. The van der Waals surface area contributed by atoms with Crippen molar-refractivity contribution in [1.29, 1.82) is 0 Å². The van der Waals surface area contributed by atoms with Crippen LogP contribution in [0.3, 0.4) is 0 Å². The lowest BCUT2D eigenvalue weighted by molar-refractivity contribution is -0.0377. The second kappa shape index (κ2) is 6.32. The number of rotatable bonds is 2. The molecule has 24 heavy (non-hydrogen) atoms. The first-order chi connectivity index (χ1) is 10.9. The molecule has 1 N–H and O–H groups in total. The fourth-order valence-electron chi connectivity index (χ4n) is 4.36. The molecule has 3 fully saturated rings. The lowest BCUT2D eigenvalue weighted by Gasteiger charge is -2.56. The number of amides is 1. The van der Waals surface area contributed by atoms with Crippen molar-refractivity contribution in [3.05, 3.63) is 34.7 Å². The quantitative estimate of drug-likeness (QED) is 0.864. The number of nitrogens with zero attached hydrogens (tertiary/aromatic N) is 1. The van der Waals surface area contributed by atoms with Crippen LogP contribution in [-0.2, 0) is 0 Å². The van der Waals surface area contributed by atoms with E-state index in [1.807, 2.05) is 6.07 Å². The molecule has 2 aromatic rings. The minimum atomic E-state index is 0. The molecule has 130 valence electrons. The van der Waals surface area contributed by atoms with Crippen LogP contribution in [0.4, 0.5) is 0 Å². The largest absolute Gasteiger partial charge is 0.346 e. The topological polar surface area (TPSA) is 32.3 Å². The van der Waals surface area contributed by atoms with Crippen LogP contribution in [0, 0.1) is 12.8 Å². The van der Waals surface area contributed by atoms with Crippen LogP contribution in [0.25, 0.3) is 10.1 Å². The number of carbonyl (C=O) groups is 1. The number of hydrogen-bond acceptors (Lipinski definition) is 3. The van der Waals surface area contributed by atoms with Gasteiger partial charge in [0.05, 0.1) is 4.88 Å². The van der Waals surface area contributed by atoms with Gasteiger partial charge in [0.15, 0.2) is 0 Å². The fourth-order valence-corrected chi connectivity index (χ4v) is 5.31. The van der Waals surface area contributed by atoms with Crippen LogP contribution in [-0.4, -0.2) is 35.5 Å². The molecule has 0 saturated carbocycles. The molecule has 1 amide bonds. The van der Waals surface area contributed by atoms with E-state index in [9.17, 15) is 4.79 Å². The summed E-state index contributed by atoms with van der Waals surface area (Å²) in [6.45, 7) is 8.99. The molecule has 1 aromatic heterocycles. The van der Waals surface area contributed by atoms with Crippen molar-refractivity contribution < 1.29 is 4.79 Å². The van der Waals surface area contributed by atoms with E-state index in [2.05, 4.69) is 49.2 Å². The zero-order valence-electron chi connectivity index (χ0n) is 14.5. The van der Waals surface area contributed by atoms with E-state index in [4.69, 9.17) is 0 Å². The third-order valence-electron chi connectivity index (χ3n) is 5.77. The summed E-state index contributed by atoms with van der Waals surface area (Å²) in [5.74, 6) is 0.714. The molecule has 3 nitrogen and oxygen atoms in total. The van der Waals surface area contributed by atoms with Gasteiger partial charge in [0.2, 0.25) is 0 Å². The maximum atomic E-state index is 12.8. The second-order valence-electron chi connectivity index (χ2n) is 7.58. The van der Waals surface area contributed by atoms with Crippen molar-refractivity contribution in [2.75, 3.05) is 13.1 Å². The average Bonchev–Trinajstić information content (AvgIpc) is 2.94. The summed E-state index contributed by atoms with van der Waals surface area (Å²) in [7, 11) is 0. The maximum absolute atomic E-state index is 12.8. The van der Waals surface area contributed by atoms with Crippen molar-refractivity contribution in [2.45, 2.75) is 45.2 Å². The third kappa shape index (κ3) is 2.85. The molecular formula is C19H25ClN2OS. The summed E-state index contributed by atoms with van der Waals surface area (Å²) in [5, 5.41) is 4.54. The Balaban J connectivity index is 0.00000169. The summed E-state index contributed by atoms with van der Waals surface area (Å²) < 4.78 is 1.19. The zero-order chi connectivity index (χ0) is 16.2. The highest BCUT2D eigenvalue weighted by atomic mass is 35.5. The number of hydrogen-bond donors (Lipinski definition) is 1. The van der Waals surface area contributed by atoms with Crippen LogP contribution in [0.5, 0.6) is 0 Å². The van der Waals surface area contributed by atoms with Crippen LogP contribution in [0.1, 0.15) is 41.9 Å². The SMILES string of the molecule is Cc1ccc2sc(C(=O)N[C@@H]3C4CCN(CC4)C3(C)C)cc2c1.Cl. The Hall–Kier alpha value is -1.10. The first-order valence-electron chi connectivity index (χ1n) is 8.51. The number of aryl methyl sites for hydroxylation is 1. The van der Waals surface area contributed by atoms with E-state index < -0.39 is 0 Å². The molecular weight excluding hydrogens is 340 g/mol. The van der Waals surface area contributed by atoms with Crippen LogP contribution < -0.4 is 5.32 Å². The van der Waals surface area contributed by atoms with Crippen molar-refractivity contribution in [3.8, 4) is 0 Å². The van der Waals surface area contributed by atoms with Gasteiger partial charge in [-0.05, 0) is 70.1 Å². The smallest absolute Gasteiger partial charge is 0.261 e. The lowest BCUT2D eigenvalue weighted by atomic mass is 9.72. The normalized spacial score (nSPS) is 27.7. The minimum Gasteiger partial charge on any atom is -0.346 e. The van der Waals surface area contributed by atoms with E-state index in [-0.39, 0.29) is 29.9 Å². The molecule has 5 rings (SSSR count). The standard InChI is InChI=1S/C19H24N2OS.ClH/c1-12-4-5-15-14(10-12)11-16(23-15)18(22)20-17-13-6-8-21(9-7-13)19(17,2)3;/h4-5,10-11,13,17H,6-9H2,1-3H3,(H,20,22);1H/t17-;/m1./s1. The van der Waals surface area contributed by atoms with Gasteiger partial charge < -0.3 is 5.32 Å². The number of piperidine rings is 3. The van der Waals surface area contributed by atoms with Gasteiger partial charge in [-0.25, -0.2) is 0 Å². The third-order valence-corrected chi connectivity index (χ3v) is 6.88. The summed E-state index contributed by atoms with van der Waals surface area (Å²) in [6.07, 6.45) is 2.42. The highest BCUT2D eigenvalue weighted by Crippen LogP contribution is 2.39. The first kappa shape index (κ1) is 17.7. The number of carbonyl (C=O) groups excluding carboxylic acids is 1. The van der Waals surface area contributed by atoms with E-state index in [1.54, 1.807) is 11.3 Å². The Kier molecular flexibility index (Phi) is 4.67. The molecule has 0 aliphatic carbocycles. The second-order valence-corrected chi connectivity index (χ2v) is 8.66. The molecule has 4 heterocycles.